The molecule has 0 unspecified atom stereocenters. The summed E-state index contributed by atoms with van der Waals surface area (Å²) in [5, 5.41) is 0. The smallest absolute Gasteiger partial charge is 0.123 e. The number of hydrogen-bond acceptors (Lipinski definition) is 1. The molecule has 0 radical (unpaired) electrons. The Kier molecular flexibility index (Phi) is 1.56. The van der Waals surface area contributed by atoms with Crippen molar-refractivity contribution in [3.8, 4) is 5.75 Å². The molecule has 1 heterocycles. The van der Waals surface area contributed by atoms with E-state index in [0.29, 0.717) is 0 Å². The number of hydrogen-bond donors (Lipinski definition) is 0. The van der Waals surface area contributed by atoms with Crippen molar-refractivity contribution in [1.82, 2.24) is 0 Å². The zero-order valence-corrected chi connectivity index (χ0v) is 7.59. The van der Waals surface area contributed by atoms with Gasteiger partial charge in [0.05, 0.1) is 6.61 Å². The van der Waals surface area contributed by atoms with Crippen LogP contribution < -0.4 is 4.74 Å². The van der Waals surface area contributed by atoms with Crippen molar-refractivity contribution in [1.29, 1.82) is 0 Å². The van der Waals surface area contributed by atoms with E-state index in [1.165, 1.54) is 9.13 Å². The van der Waals surface area contributed by atoms with E-state index in [4.69, 9.17) is 4.74 Å². The first-order chi connectivity index (χ1) is 4.86. The third-order valence-electron chi connectivity index (χ3n) is 1.66. The van der Waals surface area contributed by atoms with Crippen molar-refractivity contribution in [2.45, 2.75) is 6.42 Å². The molecule has 0 aliphatic carbocycles. The Labute approximate surface area is 73.5 Å². The minimum absolute atomic E-state index is 0.857. The van der Waals surface area contributed by atoms with E-state index >= 15 is 0 Å². The average molecular weight is 246 g/mol. The summed E-state index contributed by atoms with van der Waals surface area (Å²) in [7, 11) is 0. The first-order valence-corrected chi connectivity index (χ1v) is 4.35. The van der Waals surface area contributed by atoms with Gasteiger partial charge in [0.2, 0.25) is 0 Å². The molecule has 2 rings (SSSR count). The van der Waals surface area contributed by atoms with Gasteiger partial charge in [0, 0.05) is 9.99 Å². The van der Waals surface area contributed by atoms with Crippen LogP contribution >= 0.6 is 22.6 Å². The van der Waals surface area contributed by atoms with Crippen LogP contribution in [0.4, 0.5) is 0 Å². The predicted molar refractivity (Wildman–Crippen MR) is 48.4 cm³/mol. The second-order valence-electron chi connectivity index (χ2n) is 2.35. The molecule has 0 saturated heterocycles. The van der Waals surface area contributed by atoms with Gasteiger partial charge in [-0.3, -0.25) is 0 Å². The highest BCUT2D eigenvalue weighted by Gasteiger charge is 2.10. The van der Waals surface area contributed by atoms with Gasteiger partial charge in [0.1, 0.15) is 5.75 Å². The lowest BCUT2D eigenvalue weighted by atomic mass is 10.2. The summed E-state index contributed by atoms with van der Waals surface area (Å²) in [5.41, 5.74) is 1.35. The molecule has 10 heavy (non-hydrogen) atoms. The van der Waals surface area contributed by atoms with E-state index in [9.17, 15) is 0 Å². The van der Waals surface area contributed by atoms with E-state index in [1.807, 2.05) is 0 Å². The second kappa shape index (κ2) is 2.42. The standard InChI is InChI=1S/C8H7IO/c9-7-2-1-6-3-4-10-8(6)5-7/h1-2,5H,3-4H2. The average Bonchev–Trinajstić information content (AvgIpc) is 2.33. The molecular weight excluding hydrogens is 239 g/mol. The molecule has 2 heteroatoms. The molecule has 52 valence electrons. The Morgan fingerprint density at radius 2 is 2.30 bits per heavy atom. The van der Waals surface area contributed by atoms with Gasteiger partial charge >= 0.3 is 0 Å². The van der Waals surface area contributed by atoms with Crippen molar-refractivity contribution in [3.63, 3.8) is 0 Å². The van der Waals surface area contributed by atoms with Crippen LogP contribution in [0.15, 0.2) is 18.2 Å². The highest BCUT2D eigenvalue weighted by Crippen LogP contribution is 2.26. The molecule has 0 bridgehead atoms. The molecule has 1 nitrogen and oxygen atoms in total. The third-order valence-corrected chi connectivity index (χ3v) is 2.33. The lowest BCUT2D eigenvalue weighted by molar-refractivity contribution is 0.356. The summed E-state index contributed by atoms with van der Waals surface area (Å²) in [6.07, 6.45) is 1.08. The zero-order chi connectivity index (χ0) is 6.97. The van der Waals surface area contributed by atoms with Gasteiger partial charge in [-0.25, -0.2) is 0 Å². The van der Waals surface area contributed by atoms with Crippen LogP contribution in [-0.2, 0) is 6.42 Å². The van der Waals surface area contributed by atoms with Crippen molar-refractivity contribution in [2.24, 2.45) is 0 Å². The lowest BCUT2D eigenvalue weighted by Crippen LogP contribution is -1.86. The minimum Gasteiger partial charge on any atom is -0.493 e. The number of halogens is 1. The van der Waals surface area contributed by atoms with Crippen molar-refractivity contribution >= 4 is 22.6 Å². The third kappa shape index (κ3) is 1.00. The van der Waals surface area contributed by atoms with E-state index < -0.39 is 0 Å². The monoisotopic (exact) mass is 246 g/mol. The second-order valence-corrected chi connectivity index (χ2v) is 3.60. The summed E-state index contributed by atoms with van der Waals surface area (Å²) in [6.45, 7) is 0.857. The molecule has 0 fully saturated rings. The summed E-state index contributed by atoms with van der Waals surface area (Å²) >= 11 is 2.29. The van der Waals surface area contributed by atoms with Gasteiger partial charge in [0.15, 0.2) is 0 Å². The Morgan fingerprint density at radius 3 is 3.20 bits per heavy atom. The Balaban J connectivity index is 2.52. The zero-order valence-electron chi connectivity index (χ0n) is 5.43. The minimum atomic E-state index is 0.857. The van der Waals surface area contributed by atoms with Gasteiger partial charge in [-0.2, -0.15) is 0 Å². The lowest BCUT2D eigenvalue weighted by Gasteiger charge is -1.97. The molecule has 1 aromatic rings. The molecule has 1 aliphatic rings. The predicted octanol–water partition coefficient (Wildman–Crippen LogP) is 2.23. The highest BCUT2D eigenvalue weighted by atomic mass is 127. The molecule has 1 aliphatic heterocycles. The summed E-state index contributed by atoms with van der Waals surface area (Å²) in [6, 6.07) is 6.35. The maximum Gasteiger partial charge on any atom is 0.123 e. The van der Waals surface area contributed by atoms with E-state index in [-0.39, 0.29) is 0 Å². The molecule has 0 amide bonds. The molecule has 0 atom stereocenters. The molecule has 1 aromatic carbocycles. The number of rotatable bonds is 0. The summed E-state index contributed by atoms with van der Waals surface area (Å²) in [5.74, 6) is 1.08. The maximum absolute atomic E-state index is 5.37. The van der Waals surface area contributed by atoms with Gasteiger partial charge in [-0.1, -0.05) is 6.07 Å². The first-order valence-electron chi connectivity index (χ1n) is 3.27. The van der Waals surface area contributed by atoms with Crippen LogP contribution in [0.1, 0.15) is 5.56 Å². The Morgan fingerprint density at radius 1 is 1.40 bits per heavy atom. The number of ether oxygens (including phenoxy) is 1. The van der Waals surface area contributed by atoms with E-state index in [0.717, 1.165) is 18.8 Å². The fraction of sp³-hybridized carbons (Fsp3) is 0.250. The Hall–Kier alpha value is -0.250. The topological polar surface area (TPSA) is 9.23 Å². The van der Waals surface area contributed by atoms with Gasteiger partial charge in [0.25, 0.3) is 0 Å². The highest BCUT2D eigenvalue weighted by molar-refractivity contribution is 14.1. The SMILES string of the molecule is Ic1ccc2c(c1)OCC2. The van der Waals surface area contributed by atoms with E-state index in [2.05, 4.69) is 40.8 Å². The number of benzene rings is 1. The summed E-state index contributed by atoms with van der Waals surface area (Å²) < 4.78 is 6.62. The fourth-order valence-electron chi connectivity index (χ4n) is 1.14. The first kappa shape index (κ1) is 6.46. The molecule has 0 N–H and O–H groups in total. The number of fused-ring (bicyclic) bond motifs is 1. The summed E-state index contributed by atoms with van der Waals surface area (Å²) in [4.78, 5) is 0. The molecule has 0 spiro atoms. The largest absolute Gasteiger partial charge is 0.493 e. The van der Waals surface area contributed by atoms with Crippen LogP contribution in [0.3, 0.4) is 0 Å². The maximum atomic E-state index is 5.37. The molecular formula is C8H7IO. The van der Waals surface area contributed by atoms with Crippen LogP contribution in [0.2, 0.25) is 0 Å². The van der Waals surface area contributed by atoms with Crippen LogP contribution in [0.5, 0.6) is 5.75 Å². The van der Waals surface area contributed by atoms with Crippen LogP contribution in [0.25, 0.3) is 0 Å². The van der Waals surface area contributed by atoms with Gasteiger partial charge < -0.3 is 4.74 Å². The van der Waals surface area contributed by atoms with Crippen molar-refractivity contribution < 1.29 is 4.74 Å². The quantitative estimate of drug-likeness (QED) is 0.638. The van der Waals surface area contributed by atoms with E-state index in [1.54, 1.807) is 0 Å². The molecule has 0 saturated carbocycles. The van der Waals surface area contributed by atoms with Crippen LogP contribution in [-0.4, -0.2) is 6.61 Å². The van der Waals surface area contributed by atoms with Crippen molar-refractivity contribution in [3.05, 3.63) is 27.3 Å². The van der Waals surface area contributed by atoms with Crippen molar-refractivity contribution in [2.75, 3.05) is 6.61 Å². The van der Waals surface area contributed by atoms with Crippen LogP contribution in [0, 0.1) is 3.57 Å². The fourth-order valence-corrected chi connectivity index (χ4v) is 1.60. The van der Waals surface area contributed by atoms with Gasteiger partial charge in [-0.05, 0) is 40.3 Å². The van der Waals surface area contributed by atoms with Gasteiger partial charge in [-0.15, -0.1) is 0 Å². The Bertz CT molecular complexity index is 257. The normalized spacial score (nSPS) is 14.5. The molecule has 0 aromatic heterocycles.